The number of carbonyl (C=O) groups excluding carboxylic acids is 1. The molecular formula is C25H23ClN4O5. The molecule has 1 N–H and O–H groups in total. The zero-order chi connectivity index (χ0) is 25.1. The number of benzene rings is 2. The Morgan fingerprint density at radius 2 is 1.97 bits per heavy atom. The summed E-state index contributed by atoms with van der Waals surface area (Å²) in [5.74, 6) is 0.131. The van der Waals surface area contributed by atoms with Crippen LogP contribution in [0.5, 0.6) is 5.75 Å². The third kappa shape index (κ3) is 5.52. The first kappa shape index (κ1) is 24.0. The van der Waals surface area contributed by atoms with E-state index in [-0.39, 0.29) is 23.8 Å². The van der Waals surface area contributed by atoms with Gasteiger partial charge >= 0.3 is 5.69 Å². The molecule has 2 heterocycles. The number of carbonyl (C=O) groups is 1. The van der Waals surface area contributed by atoms with E-state index < -0.39 is 10.8 Å². The molecule has 0 bridgehead atoms. The van der Waals surface area contributed by atoms with Crippen LogP contribution in [0.3, 0.4) is 0 Å². The number of aryl methyl sites for hydroxylation is 2. The molecule has 2 aromatic carbocycles. The summed E-state index contributed by atoms with van der Waals surface area (Å²) in [4.78, 5) is 23.6. The summed E-state index contributed by atoms with van der Waals surface area (Å²) in [5, 5.41) is 19.3. The molecule has 0 spiro atoms. The fraction of sp³-hybridized carbons (Fsp3) is 0.200. The maximum absolute atomic E-state index is 12.8. The van der Waals surface area contributed by atoms with Gasteiger partial charge < -0.3 is 14.5 Å². The number of halogens is 1. The maximum Gasteiger partial charge on any atom is 0.311 e. The molecule has 2 aromatic heterocycles. The van der Waals surface area contributed by atoms with Crippen LogP contribution in [-0.2, 0) is 13.2 Å². The van der Waals surface area contributed by atoms with Crippen molar-refractivity contribution in [3.8, 4) is 5.75 Å². The van der Waals surface area contributed by atoms with E-state index in [1.807, 2.05) is 38.1 Å². The molecule has 0 fully saturated rings. The first-order chi connectivity index (χ1) is 16.7. The minimum atomic E-state index is -0.499. The van der Waals surface area contributed by atoms with Gasteiger partial charge in [0.1, 0.15) is 12.4 Å². The van der Waals surface area contributed by atoms with Crippen molar-refractivity contribution < 1.29 is 18.9 Å². The Bertz CT molecular complexity index is 1410. The number of furan rings is 1. The van der Waals surface area contributed by atoms with Gasteiger partial charge in [-0.05, 0) is 62.2 Å². The molecule has 0 aliphatic carbocycles. The van der Waals surface area contributed by atoms with Gasteiger partial charge in [0.15, 0.2) is 11.5 Å². The van der Waals surface area contributed by atoms with E-state index in [0.717, 1.165) is 16.8 Å². The lowest BCUT2D eigenvalue weighted by atomic mass is 10.2. The maximum atomic E-state index is 12.8. The van der Waals surface area contributed by atoms with E-state index in [4.69, 9.17) is 20.8 Å². The lowest BCUT2D eigenvalue weighted by Gasteiger charge is -2.07. The fourth-order valence-corrected chi connectivity index (χ4v) is 3.85. The van der Waals surface area contributed by atoms with Crippen LogP contribution in [0, 0.1) is 30.9 Å². The Hall–Kier alpha value is -4.11. The predicted molar refractivity (Wildman–Crippen MR) is 131 cm³/mol. The third-order valence-corrected chi connectivity index (χ3v) is 5.64. The summed E-state index contributed by atoms with van der Waals surface area (Å²) in [5.41, 5.74) is 3.67. The summed E-state index contributed by atoms with van der Waals surface area (Å²) in [7, 11) is 0. The van der Waals surface area contributed by atoms with Crippen LogP contribution in [0.25, 0.3) is 0 Å². The van der Waals surface area contributed by atoms with Gasteiger partial charge in [0, 0.05) is 11.1 Å². The molecule has 0 unspecified atom stereocenters. The Balaban J connectivity index is 1.43. The monoisotopic (exact) mass is 494 g/mol. The molecule has 9 nitrogen and oxygen atoms in total. The molecule has 0 aliphatic rings. The minimum absolute atomic E-state index is 0.0627. The van der Waals surface area contributed by atoms with Gasteiger partial charge in [-0.3, -0.25) is 19.6 Å². The van der Waals surface area contributed by atoms with Crippen LogP contribution in [0.15, 0.2) is 59.0 Å². The van der Waals surface area contributed by atoms with Gasteiger partial charge in [-0.25, -0.2) is 0 Å². The average Bonchev–Trinajstić information content (AvgIpc) is 3.39. The predicted octanol–water partition coefficient (Wildman–Crippen LogP) is 5.84. The van der Waals surface area contributed by atoms with Crippen molar-refractivity contribution >= 4 is 28.9 Å². The van der Waals surface area contributed by atoms with Crippen molar-refractivity contribution in [1.29, 1.82) is 0 Å². The zero-order valence-electron chi connectivity index (χ0n) is 19.4. The summed E-state index contributed by atoms with van der Waals surface area (Å²) < 4.78 is 13.0. The van der Waals surface area contributed by atoms with Crippen LogP contribution in [0.1, 0.15) is 38.8 Å². The Morgan fingerprint density at radius 1 is 1.17 bits per heavy atom. The standard InChI is InChI=1S/C25H23ClN4O5/c1-15-7-9-22(21(11-15)30(32)33)34-14-20-8-10-23(35-20)25(31)27-24-16(2)28-29(17(24)3)13-18-5-4-6-19(26)12-18/h4-12H,13-14H2,1-3H3,(H,27,31). The second-order valence-electron chi connectivity index (χ2n) is 8.07. The first-order valence-electron chi connectivity index (χ1n) is 10.8. The highest BCUT2D eigenvalue weighted by Crippen LogP contribution is 2.29. The fourth-order valence-electron chi connectivity index (χ4n) is 3.63. The quantitative estimate of drug-likeness (QED) is 0.243. The van der Waals surface area contributed by atoms with Crippen molar-refractivity contribution in [3.63, 3.8) is 0 Å². The van der Waals surface area contributed by atoms with Crippen LogP contribution < -0.4 is 10.1 Å². The van der Waals surface area contributed by atoms with Gasteiger partial charge in [-0.1, -0.05) is 29.8 Å². The number of nitrogens with one attached hydrogen (secondary N) is 1. The summed E-state index contributed by atoms with van der Waals surface area (Å²) in [6.45, 7) is 5.89. The molecule has 180 valence electrons. The summed E-state index contributed by atoms with van der Waals surface area (Å²) >= 11 is 6.08. The number of rotatable bonds is 8. The first-order valence-corrected chi connectivity index (χ1v) is 11.2. The SMILES string of the molecule is Cc1ccc(OCc2ccc(C(=O)Nc3c(C)nn(Cc4cccc(Cl)c4)c3C)o2)c([N+](=O)[O-])c1. The number of nitro benzene ring substituents is 1. The number of ether oxygens (including phenoxy) is 1. The lowest BCUT2D eigenvalue weighted by molar-refractivity contribution is -0.386. The largest absolute Gasteiger partial charge is 0.479 e. The third-order valence-electron chi connectivity index (χ3n) is 5.41. The molecule has 0 radical (unpaired) electrons. The molecule has 0 aliphatic heterocycles. The molecule has 0 saturated carbocycles. The van der Waals surface area contributed by atoms with Crippen molar-refractivity contribution in [2.45, 2.75) is 33.9 Å². The number of aromatic nitrogens is 2. The highest BCUT2D eigenvalue weighted by molar-refractivity contribution is 6.30. The Kier molecular flexibility index (Phi) is 6.88. The van der Waals surface area contributed by atoms with E-state index in [0.29, 0.717) is 28.7 Å². The van der Waals surface area contributed by atoms with Crippen LogP contribution in [0.2, 0.25) is 5.02 Å². The number of amides is 1. The number of nitrogens with zero attached hydrogens (tertiary/aromatic N) is 3. The number of hydrogen-bond acceptors (Lipinski definition) is 6. The minimum Gasteiger partial charge on any atom is -0.479 e. The van der Waals surface area contributed by atoms with E-state index in [1.165, 1.54) is 18.2 Å². The van der Waals surface area contributed by atoms with E-state index in [9.17, 15) is 14.9 Å². The smallest absolute Gasteiger partial charge is 0.311 e. The van der Waals surface area contributed by atoms with Crippen LogP contribution >= 0.6 is 11.6 Å². The molecule has 4 aromatic rings. The second kappa shape index (κ2) is 10.0. The van der Waals surface area contributed by atoms with E-state index in [2.05, 4.69) is 10.4 Å². The highest BCUT2D eigenvalue weighted by Gasteiger charge is 2.19. The zero-order valence-corrected chi connectivity index (χ0v) is 20.1. The lowest BCUT2D eigenvalue weighted by Crippen LogP contribution is -2.12. The average molecular weight is 495 g/mol. The summed E-state index contributed by atoms with van der Waals surface area (Å²) in [6, 6.07) is 15.3. The summed E-state index contributed by atoms with van der Waals surface area (Å²) in [6.07, 6.45) is 0. The van der Waals surface area contributed by atoms with Gasteiger partial charge in [-0.2, -0.15) is 5.10 Å². The van der Waals surface area contributed by atoms with Crippen LogP contribution in [0.4, 0.5) is 11.4 Å². The van der Waals surface area contributed by atoms with Gasteiger partial charge in [0.2, 0.25) is 0 Å². The molecule has 1 amide bonds. The van der Waals surface area contributed by atoms with Gasteiger partial charge in [0.05, 0.1) is 28.5 Å². The van der Waals surface area contributed by atoms with E-state index in [1.54, 1.807) is 23.7 Å². The number of hydrogen-bond donors (Lipinski definition) is 1. The van der Waals surface area contributed by atoms with Crippen molar-refractivity contribution in [1.82, 2.24) is 9.78 Å². The molecule has 0 atom stereocenters. The van der Waals surface area contributed by atoms with Crippen molar-refractivity contribution in [3.05, 3.63) is 104 Å². The topological polar surface area (TPSA) is 112 Å². The number of anilines is 1. The molecule has 10 heteroatoms. The second-order valence-corrected chi connectivity index (χ2v) is 8.51. The van der Waals surface area contributed by atoms with Gasteiger partial charge in [-0.15, -0.1) is 0 Å². The van der Waals surface area contributed by atoms with Crippen LogP contribution in [-0.4, -0.2) is 20.6 Å². The Labute approximate surface area is 206 Å². The van der Waals surface area contributed by atoms with Crippen molar-refractivity contribution in [2.75, 3.05) is 5.32 Å². The Morgan fingerprint density at radius 3 is 2.71 bits per heavy atom. The number of nitro groups is 1. The molecule has 4 rings (SSSR count). The van der Waals surface area contributed by atoms with Gasteiger partial charge in [0.25, 0.3) is 5.91 Å². The molecular weight excluding hydrogens is 472 g/mol. The normalized spacial score (nSPS) is 10.9. The molecule has 0 saturated heterocycles. The van der Waals surface area contributed by atoms with Crippen molar-refractivity contribution in [2.24, 2.45) is 0 Å². The highest BCUT2D eigenvalue weighted by atomic mass is 35.5. The molecule has 35 heavy (non-hydrogen) atoms. The van der Waals surface area contributed by atoms with E-state index >= 15 is 0 Å².